The van der Waals surface area contributed by atoms with Crippen LogP contribution in [-0.4, -0.2) is 36.4 Å². The van der Waals surface area contributed by atoms with E-state index in [4.69, 9.17) is 0 Å². The molecule has 0 radical (unpaired) electrons. The summed E-state index contributed by atoms with van der Waals surface area (Å²) in [5, 5.41) is 6.60. The molecule has 0 aromatic carbocycles. The predicted molar refractivity (Wildman–Crippen MR) is 59.0 cm³/mol. The van der Waals surface area contributed by atoms with E-state index in [1.165, 1.54) is 0 Å². The van der Waals surface area contributed by atoms with E-state index in [1.807, 2.05) is 12.1 Å². The van der Waals surface area contributed by atoms with Crippen LogP contribution in [0.2, 0.25) is 0 Å². The molecule has 1 saturated heterocycles. The zero-order valence-corrected chi connectivity index (χ0v) is 8.75. The number of carbonyl (C=O) groups excluding carboxylic acids is 1. The molecule has 1 aliphatic rings. The van der Waals surface area contributed by atoms with E-state index in [9.17, 15) is 4.79 Å². The molecule has 4 nitrogen and oxygen atoms in total. The van der Waals surface area contributed by atoms with Gasteiger partial charge in [0.15, 0.2) is 5.78 Å². The van der Waals surface area contributed by atoms with Crippen LogP contribution in [-0.2, 0) is 0 Å². The summed E-state index contributed by atoms with van der Waals surface area (Å²) in [6.07, 6.45) is 3.99. The Morgan fingerprint density at radius 1 is 1.47 bits per heavy atom. The summed E-state index contributed by atoms with van der Waals surface area (Å²) < 4.78 is 0. The van der Waals surface area contributed by atoms with Crippen molar-refractivity contribution >= 4 is 5.78 Å². The van der Waals surface area contributed by atoms with Gasteiger partial charge in [-0.25, -0.2) is 0 Å². The summed E-state index contributed by atoms with van der Waals surface area (Å²) >= 11 is 0. The van der Waals surface area contributed by atoms with Crippen molar-refractivity contribution in [1.82, 2.24) is 15.6 Å². The molecule has 3 N–H and O–H groups in total. The number of hydrogen-bond donors (Lipinski definition) is 3. The Hall–Kier alpha value is -1.13. The summed E-state index contributed by atoms with van der Waals surface area (Å²) in [5.41, 5.74) is 0.691. The molecule has 0 spiro atoms. The number of rotatable bonds is 4. The molecule has 0 unspecified atom stereocenters. The molecule has 0 atom stereocenters. The average molecular weight is 207 g/mol. The van der Waals surface area contributed by atoms with Crippen molar-refractivity contribution in [2.24, 2.45) is 0 Å². The third kappa shape index (κ3) is 2.91. The molecule has 1 aliphatic heterocycles. The normalized spacial score (nSPS) is 17.9. The van der Waals surface area contributed by atoms with Crippen molar-refractivity contribution in [3.63, 3.8) is 0 Å². The molecule has 0 amide bonds. The number of carbonyl (C=O) groups is 1. The van der Waals surface area contributed by atoms with Crippen LogP contribution in [0.1, 0.15) is 23.3 Å². The SMILES string of the molecule is O=C(CNC1CCNCC1)c1ccc[nH]1. The molecular formula is C11H17N3O. The number of piperidine rings is 1. The molecular weight excluding hydrogens is 190 g/mol. The van der Waals surface area contributed by atoms with Crippen molar-refractivity contribution in [1.29, 1.82) is 0 Å². The molecule has 1 aromatic rings. The monoisotopic (exact) mass is 207 g/mol. The number of hydrogen-bond acceptors (Lipinski definition) is 3. The zero-order chi connectivity index (χ0) is 10.5. The van der Waals surface area contributed by atoms with Crippen molar-refractivity contribution in [3.8, 4) is 0 Å². The van der Waals surface area contributed by atoms with E-state index in [2.05, 4.69) is 15.6 Å². The molecule has 4 heteroatoms. The van der Waals surface area contributed by atoms with Crippen LogP contribution in [0.25, 0.3) is 0 Å². The smallest absolute Gasteiger partial charge is 0.192 e. The highest BCUT2D eigenvalue weighted by atomic mass is 16.1. The third-order valence-electron chi connectivity index (χ3n) is 2.79. The number of aromatic nitrogens is 1. The maximum atomic E-state index is 11.6. The van der Waals surface area contributed by atoms with Gasteiger partial charge in [0.05, 0.1) is 12.2 Å². The Kier molecular flexibility index (Phi) is 3.53. The lowest BCUT2D eigenvalue weighted by Crippen LogP contribution is -2.41. The van der Waals surface area contributed by atoms with Gasteiger partial charge in [-0.3, -0.25) is 4.79 Å². The highest BCUT2D eigenvalue weighted by molar-refractivity contribution is 5.95. The molecule has 82 valence electrons. The Morgan fingerprint density at radius 2 is 2.27 bits per heavy atom. The second-order valence-electron chi connectivity index (χ2n) is 3.91. The largest absolute Gasteiger partial charge is 0.359 e. The Bertz CT molecular complexity index is 302. The minimum Gasteiger partial charge on any atom is -0.359 e. The van der Waals surface area contributed by atoms with Gasteiger partial charge in [-0.2, -0.15) is 0 Å². The first-order valence-electron chi connectivity index (χ1n) is 5.47. The molecule has 2 heterocycles. The van der Waals surface area contributed by atoms with Gasteiger partial charge in [0.1, 0.15) is 0 Å². The second-order valence-corrected chi connectivity index (χ2v) is 3.91. The van der Waals surface area contributed by atoms with E-state index in [-0.39, 0.29) is 5.78 Å². The first-order valence-corrected chi connectivity index (χ1v) is 5.47. The summed E-state index contributed by atoms with van der Waals surface area (Å²) in [5.74, 6) is 0.138. The van der Waals surface area contributed by atoms with Crippen LogP contribution in [0.15, 0.2) is 18.3 Å². The summed E-state index contributed by atoms with van der Waals surface area (Å²) in [6.45, 7) is 2.54. The summed E-state index contributed by atoms with van der Waals surface area (Å²) in [7, 11) is 0. The highest BCUT2D eigenvalue weighted by Crippen LogP contribution is 2.02. The fraction of sp³-hybridized carbons (Fsp3) is 0.545. The molecule has 2 rings (SSSR count). The fourth-order valence-electron chi connectivity index (χ4n) is 1.86. The molecule has 15 heavy (non-hydrogen) atoms. The van der Waals surface area contributed by atoms with Gasteiger partial charge in [0, 0.05) is 12.2 Å². The lowest BCUT2D eigenvalue weighted by Gasteiger charge is -2.23. The molecule has 1 fully saturated rings. The first-order chi connectivity index (χ1) is 7.36. The van der Waals surface area contributed by atoms with Gasteiger partial charge >= 0.3 is 0 Å². The van der Waals surface area contributed by atoms with Crippen molar-refractivity contribution < 1.29 is 4.79 Å². The van der Waals surface area contributed by atoms with Gasteiger partial charge in [0.2, 0.25) is 0 Å². The zero-order valence-electron chi connectivity index (χ0n) is 8.75. The molecule has 0 aliphatic carbocycles. The Balaban J connectivity index is 1.75. The van der Waals surface area contributed by atoms with E-state index in [1.54, 1.807) is 6.20 Å². The number of ketones is 1. The van der Waals surface area contributed by atoms with Crippen molar-refractivity contribution in [3.05, 3.63) is 24.0 Å². The summed E-state index contributed by atoms with van der Waals surface area (Å²) in [6, 6.07) is 4.15. The minimum absolute atomic E-state index is 0.138. The maximum absolute atomic E-state index is 11.6. The van der Waals surface area contributed by atoms with Crippen molar-refractivity contribution in [2.45, 2.75) is 18.9 Å². The van der Waals surface area contributed by atoms with Gasteiger partial charge < -0.3 is 15.6 Å². The number of H-pyrrole nitrogens is 1. The number of aromatic amines is 1. The van der Waals surface area contributed by atoms with Gasteiger partial charge in [0.25, 0.3) is 0 Å². The minimum atomic E-state index is 0.138. The molecule has 0 bridgehead atoms. The van der Waals surface area contributed by atoms with Crippen LogP contribution >= 0.6 is 0 Å². The predicted octanol–water partition coefficient (Wildman–Crippen LogP) is 0.539. The average Bonchev–Trinajstić information content (AvgIpc) is 2.81. The molecule has 1 aromatic heterocycles. The van der Waals surface area contributed by atoms with Crippen LogP contribution < -0.4 is 10.6 Å². The lowest BCUT2D eigenvalue weighted by molar-refractivity contribution is 0.0981. The van der Waals surface area contributed by atoms with Crippen LogP contribution in [0, 0.1) is 0 Å². The fourth-order valence-corrected chi connectivity index (χ4v) is 1.86. The van der Waals surface area contributed by atoms with Gasteiger partial charge in [-0.05, 0) is 38.1 Å². The second kappa shape index (κ2) is 5.09. The maximum Gasteiger partial charge on any atom is 0.192 e. The Labute approximate surface area is 89.5 Å². The third-order valence-corrected chi connectivity index (χ3v) is 2.79. The van der Waals surface area contributed by atoms with E-state index < -0.39 is 0 Å². The summed E-state index contributed by atoms with van der Waals surface area (Å²) in [4.78, 5) is 14.6. The van der Waals surface area contributed by atoms with E-state index in [0.717, 1.165) is 25.9 Å². The Morgan fingerprint density at radius 3 is 2.93 bits per heavy atom. The number of Topliss-reactive ketones (excluding diaryl/α,β-unsaturated/α-hetero) is 1. The highest BCUT2D eigenvalue weighted by Gasteiger charge is 2.14. The quantitative estimate of drug-likeness (QED) is 0.632. The van der Waals surface area contributed by atoms with Gasteiger partial charge in [-0.1, -0.05) is 0 Å². The topological polar surface area (TPSA) is 56.9 Å². The first kappa shape index (κ1) is 10.4. The number of nitrogens with one attached hydrogen (secondary N) is 3. The van der Waals surface area contributed by atoms with Crippen LogP contribution in [0.3, 0.4) is 0 Å². The van der Waals surface area contributed by atoms with Crippen LogP contribution in [0.5, 0.6) is 0 Å². The van der Waals surface area contributed by atoms with E-state index in [0.29, 0.717) is 18.3 Å². The van der Waals surface area contributed by atoms with Crippen LogP contribution in [0.4, 0.5) is 0 Å². The van der Waals surface area contributed by atoms with Crippen molar-refractivity contribution in [2.75, 3.05) is 19.6 Å². The molecule has 0 saturated carbocycles. The lowest BCUT2D eigenvalue weighted by atomic mass is 10.1. The standard InChI is InChI=1S/C11H17N3O/c15-11(10-2-1-5-13-10)8-14-9-3-6-12-7-4-9/h1-2,5,9,12-14H,3-4,6-8H2. The van der Waals surface area contributed by atoms with E-state index >= 15 is 0 Å². The van der Waals surface area contributed by atoms with Gasteiger partial charge in [-0.15, -0.1) is 0 Å².